The Morgan fingerprint density at radius 2 is 2.00 bits per heavy atom. The van der Waals surface area contributed by atoms with Gasteiger partial charge in [-0.2, -0.15) is 0 Å². The highest BCUT2D eigenvalue weighted by molar-refractivity contribution is 9.10. The van der Waals surface area contributed by atoms with Crippen LogP contribution in [0.25, 0.3) is 0 Å². The lowest BCUT2D eigenvalue weighted by molar-refractivity contribution is 0.111. The Morgan fingerprint density at radius 3 is 2.65 bits per heavy atom. The number of carbonyl (C=O) groups excluding carboxylic acids is 1. The summed E-state index contributed by atoms with van der Waals surface area (Å²) in [6.07, 6.45) is 4.40. The number of hydrogen-bond donors (Lipinski definition) is 0. The van der Waals surface area contributed by atoms with Crippen molar-refractivity contribution in [3.63, 3.8) is 0 Å². The topological polar surface area (TPSA) is 39.2 Å². The molecule has 3 rings (SSSR count). The molecule has 0 unspecified atom stereocenters. The number of pyridine rings is 1. The molecule has 1 aromatic carbocycles. The van der Waals surface area contributed by atoms with Gasteiger partial charge in [0, 0.05) is 16.6 Å². The second-order valence-corrected chi connectivity index (χ2v) is 5.92. The Bertz CT molecular complexity index is 617. The van der Waals surface area contributed by atoms with Gasteiger partial charge in [0.05, 0.1) is 6.61 Å². The van der Waals surface area contributed by atoms with Gasteiger partial charge in [0.25, 0.3) is 0 Å². The second kappa shape index (κ2) is 5.75. The molecular formula is C16H14BrNO2. The van der Waals surface area contributed by atoms with E-state index < -0.39 is 0 Å². The zero-order valence-electron chi connectivity index (χ0n) is 10.9. The minimum Gasteiger partial charge on any atom is -0.491 e. The van der Waals surface area contributed by atoms with Crippen LogP contribution in [0.1, 0.15) is 21.6 Å². The molecule has 4 heteroatoms. The molecule has 0 N–H and O–H groups in total. The molecular weight excluding hydrogens is 318 g/mol. The standard InChI is InChI=1S/C16H14BrNO2/c17-14-7-16(15(9-19)18-8-14)20-10-11-5-12-3-1-2-4-13(12)6-11/h1-4,7-9,11H,5-6,10H2. The summed E-state index contributed by atoms with van der Waals surface area (Å²) in [4.78, 5) is 15.0. The molecule has 0 aliphatic heterocycles. The van der Waals surface area contributed by atoms with Crippen molar-refractivity contribution >= 4 is 22.2 Å². The zero-order chi connectivity index (χ0) is 13.9. The largest absolute Gasteiger partial charge is 0.491 e. The highest BCUT2D eigenvalue weighted by Gasteiger charge is 2.21. The molecule has 0 atom stereocenters. The average Bonchev–Trinajstić information content (AvgIpc) is 2.88. The summed E-state index contributed by atoms with van der Waals surface area (Å²) in [5, 5.41) is 0. The second-order valence-electron chi connectivity index (χ2n) is 5.01. The molecule has 0 fully saturated rings. The van der Waals surface area contributed by atoms with Crippen LogP contribution in [0.15, 0.2) is 41.0 Å². The van der Waals surface area contributed by atoms with Crippen molar-refractivity contribution in [3.8, 4) is 5.75 Å². The maximum Gasteiger partial charge on any atom is 0.172 e. The van der Waals surface area contributed by atoms with Gasteiger partial charge in [-0.05, 0) is 46.0 Å². The van der Waals surface area contributed by atoms with E-state index in [0.717, 1.165) is 23.6 Å². The summed E-state index contributed by atoms with van der Waals surface area (Å²) in [6, 6.07) is 10.3. The van der Waals surface area contributed by atoms with E-state index in [1.165, 1.54) is 11.1 Å². The number of benzene rings is 1. The third kappa shape index (κ3) is 2.75. The number of fused-ring (bicyclic) bond motifs is 1. The van der Waals surface area contributed by atoms with Gasteiger partial charge in [-0.25, -0.2) is 4.98 Å². The summed E-state index contributed by atoms with van der Waals surface area (Å²) in [5.41, 5.74) is 3.16. The first kappa shape index (κ1) is 13.3. The number of halogens is 1. The van der Waals surface area contributed by atoms with Crippen molar-refractivity contribution in [1.82, 2.24) is 4.98 Å². The van der Waals surface area contributed by atoms with Crippen molar-refractivity contribution in [3.05, 3.63) is 57.8 Å². The van der Waals surface area contributed by atoms with Gasteiger partial charge in [-0.3, -0.25) is 4.79 Å². The van der Waals surface area contributed by atoms with Crippen molar-refractivity contribution in [2.75, 3.05) is 6.61 Å². The van der Waals surface area contributed by atoms with Crippen LogP contribution in [0.4, 0.5) is 0 Å². The van der Waals surface area contributed by atoms with E-state index in [0.29, 0.717) is 24.0 Å². The van der Waals surface area contributed by atoms with Crippen LogP contribution in [0.3, 0.4) is 0 Å². The fourth-order valence-corrected chi connectivity index (χ4v) is 2.92. The molecule has 0 radical (unpaired) electrons. The van der Waals surface area contributed by atoms with E-state index in [1.807, 2.05) is 0 Å². The van der Waals surface area contributed by atoms with Crippen LogP contribution < -0.4 is 4.74 Å². The molecule has 20 heavy (non-hydrogen) atoms. The molecule has 0 amide bonds. The predicted molar refractivity (Wildman–Crippen MR) is 80.2 cm³/mol. The lowest BCUT2D eigenvalue weighted by Gasteiger charge is -2.12. The first-order valence-corrected chi connectivity index (χ1v) is 7.36. The third-order valence-electron chi connectivity index (χ3n) is 3.57. The summed E-state index contributed by atoms with van der Waals surface area (Å²) in [5.74, 6) is 1.01. The molecule has 0 saturated carbocycles. The number of aromatic nitrogens is 1. The monoisotopic (exact) mass is 331 g/mol. The Morgan fingerprint density at radius 1 is 1.30 bits per heavy atom. The minimum absolute atomic E-state index is 0.351. The SMILES string of the molecule is O=Cc1ncc(Br)cc1OCC1Cc2ccccc2C1. The Kier molecular flexibility index (Phi) is 3.83. The molecule has 3 nitrogen and oxygen atoms in total. The molecule has 1 aliphatic rings. The van der Waals surface area contributed by atoms with Crippen molar-refractivity contribution in [2.24, 2.45) is 5.92 Å². The quantitative estimate of drug-likeness (QED) is 0.805. The van der Waals surface area contributed by atoms with E-state index in [2.05, 4.69) is 45.2 Å². The molecule has 0 bridgehead atoms. The Labute approximate surface area is 126 Å². The number of rotatable bonds is 4. The van der Waals surface area contributed by atoms with E-state index >= 15 is 0 Å². The first-order chi connectivity index (χ1) is 9.76. The molecule has 1 aromatic heterocycles. The lowest BCUT2D eigenvalue weighted by atomic mass is 10.1. The molecule has 102 valence electrons. The normalized spacial score (nSPS) is 14.1. The fourth-order valence-electron chi connectivity index (χ4n) is 2.61. The Balaban J connectivity index is 1.67. The lowest BCUT2D eigenvalue weighted by Crippen LogP contribution is -2.13. The van der Waals surface area contributed by atoms with E-state index in [9.17, 15) is 4.79 Å². The third-order valence-corrected chi connectivity index (χ3v) is 4.00. The molecule has 1 aliphatic carbocycles. The highest BCUT2D eigenvalue weighted by atomic mass is 79.9. The maximum absolute atomic E-state index is 11.0. The van der Waals surface area contributed by atoms with Gasteiger partial charge < -0.3 is 4.74 Å². The van der Waals surface area contributed by atoms with Crippen LogP contribution in [-0.4, -0.2) is 17.9 Å². The van der Waals surface area contributed by atoms with Crippen molar-refractivity contribution < 1.29 is 9.53 Å². The van der Waals surface area contributed by atoms with Crippen molar-refractivity contribution in [2.45, 2.75) is 12.8 Å². The fraction of sp³-hybridized carbons (Fsp3) is 0.250. The van der Waals surface area contributed by atoms with Crippen LogP contribution in [-0.2, 0) is 12.8 Å². The summed E-state index contributed by atoms with van der Waals surface area (Å²) in [6.45, 7) is 0.605. The minimum atomic E-state index is 0.351. The van der Waals surface area contributed by atoms with Gasteiger partial charge in [0.15, 0.2) is 6.29 Å². The maximum atomic E-state index is 11.0. The number of carbonyl (C=O) groups is 1. The molecule has 0 spiro atoms. The van der Waals surface area contributed by atoms with Crippen molar-refractivity contribution in [1.29, 1.82) is 0 Å². The molecule has 0 saturated heterocycles. The van der Waals surface area contributed by atoms with Crippen LogP contribution in [0, 0.1) is 5.92 Å². The van der Waals surface area contributed by atoms with Gasteiger partial charge in [0.2, 0.25) is 0 Å². The molecule has 1 heterocycles. The number of ether oxygens (including phenoxy) is 1. The van der Waals surface area contributed by atoms with Crippen LogP contribution in [0.5, 0.6) is 5.75 Å². The van der Waals surface area contributed by atoms with Gasteiger partial charge in [-0.1, -0.05) is 24.3 Å². The summed E-state index contributed by atoms with van der Waals surface area (Å²) in [7, 11) is 0. The van der Waals surface area contributed by atoms with Crippen LogP contribution in [0.2, 0.25) is 0 Å². The summed E-state index contributed by atoms with van der Waals surface area (Å²) < 4.78 is 6.61. The Hall–Kier alpha value is -1.68. The summed E-state index contributed by atoms with van der Waals surface area (Å²) >= 11 is 3.34. The number of hydrogen-bond acceptors (Lipinski definition) is 3. The van der Waals surface area contributed by atoms with Crippen LogP contribution >= 0.6 is 15.9 Å². The predicted octanol–water partition coefficient (Wildman–Crippen LogP) is 3.45. The highest BCUT2D eigenvalue weighted by Crippen LogP contribution is 2.28. The average molecular weight is 332 g/mol. The van der Waals surface area contributed by atoms with Gasteiger partial charge in [-0.15, -0.1) is 0 Å². The van der Waals surface area contributed by atoms with Gasteiger partial charge >= 0.3 is 0 Å². The smallest absolute Gasteiger partial charge is 0.172 e. The van der Waals surface area contributed by atoms with Gasteiger partial charge in [0.1, 0.15) is 11.4 Å². The zero-order valence-corrected chi connectivity index (χ0v) is 12.5. The number of aldehydes is 1. The van der Waals surface area contributed by atoms with E-state index in [-0.39, 0.29) is 0 Å². The molecule has 2 aromatic rings. The van der Waals surface area contributed by atoms with E-state index in [4.69, 9.17) is 4.74 Å². The number of nitrogens with zero attached hydrogens (tertiary/aromatic N) is 1. The first-order valence-electron chi connectivity index (χ1n) is 6.56. The van der Waals surface area contributed by atoms with E-state index in [1.54, 1.807) is 12.3 Å².